The normalized spacial score (nSPS) is 46.7. The van der Waals surface area contributed by atoms with E-state index >= 15 is 0 Å². The van der Waals surface area contributed by atoms with E-state index < -0.39 is 23.7 Å². The summed E-state index contributed by atoms with van der Waals surface area (Å²) in [6.45, 7) is 2.02. The van der Waals surface area contributed by atoms with Crippen molar-refractivity contribution in [2.45, 2.75) is 56.8 Å². The second-order valence-electron chi connectivity index (χ2n) is 7.69. The van der Waals surface area contributed by atoms with Crippen LogP contribution in [0.15, 0.2) is 18.2 Å². The van der Waals surface area contributed by atoms with Gasteiger partial charge in [0.05, 0.1) is 12.2 Å². The van der Waals surface area contributed by atoms with Crippen LogP contribution >= 0.6 is 0 Å². The molecule has 4 rings (SSSR count). The van der Waals surface area contributed by atoms with E-state index in [4.69, 9.17) is 0 Å². The molecule has 0 amide bonds. The van der Waals surface area contributed by atoms with Crippen molar-refractivity contribution in [2.75, 3.05) is 0 Å². The molecule has 0 saturated heterocycles. The van der Waals surface area contributed by atoms with Gasteiger partial charge in [0.15, 0.2) is 0 Å². The van der Waals surface area contributed by atoms with Crippen molar-refractivity contribution in [3.63, 3.8) is 0 Å². The third kappa shape index (κ3) is 1.75. The van der Waals surface area contributed by atoms with Crippen molar-refractivity contribution >= 4 is 0 Å². The summed E-state index contributed by atoms with van der Waals surface area (Å²) in [4.78, 5) is 0. The van der Waals surface area contributed by atoms with E-state index in [0.29, 0.717) is 11.7 Å². The third-order valence-electron chi connectivity index (χ3n) is 6.72. The van der Waals surface area contributed by atoms with Gasteiger partial charge >= 0.3 is 0 Å². The lowest BCUT2D eigenvalue weighted by Gasteiger charge is -2.50. The number of phenolic OH excluding ortho intramolecular Hbond substituents is 1. The van der Waals surface area contributed by atoms with E-state index in [1.54, 1.807) is 6.07 Å². The van der Waals surface area contributed by atoms with Crippen LogP contribution in [0.25, 0.3) is 0 Å². The molecule has 0 spiro atoms. The summed E-state index contributed by atoms with van der Waals surface area (Å²) < 4.78 is 0. The Hall–Kier alpha value is -1.10. The maximum Gasteiger partial charge on any atom is 0.115 e. The highest BCUT2D eigenvalue weighted by Crippen LogP contribution is 2.60. The van der Waals surface area contributed by atoms with Crippen molar-refractivity contribution in [1.29, 1.82) is 0 Å². The van der Waals surface area contributed by atoms with Crippen LogP contribution in [0.5, 0.6) is 5.75 Å². The lowest BCUT2D eigenvalue weighted by molar-refractivity contribution is -0.0505. The second kappa shape index (κ2) is 4.70. The molecule has 2 saturated carbocycles. The van der Waals surface area contributed by atoms with Gasteiger partial charge in [-0.1, -0.05) is 13.0 Å². The summed E-state index contributed by atoms with van der Waals surface area (Å²) in [5.74, 6) is 0.898. The number of aryl methyl sites for hydroxylation is 1. The Kier molecular flexibility index (Phi) is 3.09. The van der Waals surface area contributed by atoms with Gasteiger partial charge < -0.3 is 20.4 Å². The summed E-state index contributed by atoms with van der Waals surface area (Å²) in [5.41, 5.74) is 2.09. The minimum atomic E-state index is -1.03. The molecule has 1 aromatic rings. The predicted octanol–water partition coefficient (Wildman–Crippen LogP) is 1.55. The Morgan fingerprint density at radius 2 is 1.86 bits per heavy atom. The lowest BCUT2D eigenvalue weighted by atomic mass is 9.55. The monoisotopic (exact) mass is 304 g/mol. The molecule has 1 aromatic carbocycles. The number of aromatic hydroxyl groups is 1. The van der Waals surface area contributed by atoms with Crippen LogP contribution in [0.4, 0.5) is 0 Å². The summed E-state index contributed by atoms with van der Waals surface area (Å²) in [7, 11) is 0. The lowest BCUT2D eigenvalue weighted by Crippen LogP contribution is -2.46. The molecule has 0 unspecified atom stereocenters. The fraction of sp³-hybridized carbons (Fsp3) is 0.667. The van der Waals surface area contributed by atoms with Crippen LogP contribution in [0, 0.1) is 17.3 Å². The summed E-state index contributed by atoms with van der Waals surface area (Å²) in [5, 5.41) is 40.7. The Balaban J connectivity index is 1.74. The SMILES string of the molecule is C[C@@]12CC[C@H]3c4ccc(O)cc4CC[C@@H]3[C@H]1[C@H](O)[C@H](O)[C@H]2O. The minimum Gasteiger partial charge on any atom is -0.508 e. The van der Waals surface area contributed by atoms with Gasteiger partial charge in [-0.15, -0.1) is 0 Å². The Morgan fingerprint density at radius 3 is 2.64 bits per heavy atom. The fourth-order valence-electron chi connectivity index (χ4n) is 5.62. The molecule has 4 N–H and O–H groups in total. The van der Waals surface area contributed by atoms with Gasteiger partial charge in [0.1, 0.15) is 11.9 Å². The van der Waals surface area contributed by atoms with Crippen LogP contribution in [0.2, 0.25) is 0 Å². The van der Waals surface area contributed by atoms with E-state index in [2.05, 4.69) is 0 Å². The molecule has 3 aliphatic rings. The predicted molar refractivity (Wildman–Crippen MR) is 81.5 cm³/mol. The highest BCUT2D eigenvalue weighted by molar-refractivity contribution is 5.40. The Morgan fingerprint density at radius 1 is 1.09 bits per heavy atom. The van der Waals surface area contributed by atoms with Gasteiger partial charge in [0.2, 0.25) is 0 Å². The van der Waals surface area contributed by atoms with Gasteiger partial charge in [-0.2, -0.15) is 0 Å². The minimum absolute atomic E-state index is 0.0572. The molecule has 22 heavy (non-hydrogen) atoms. The average Bonchev–Trinajstić information content (AvgIpc) is 2.68. The van der Waals surface area contributed by atoms with Crippen LogP contribution in [-0.2, 0) is 6.42 Å². The van der Waals surface area contributed by atoms with E-state index in [1.807, 2.05) is 19.1 Å². The fourth-order valence-corrected chi connectivity index (χ4v) is 5.62. The number of phenols is 1. The topological polar surface area (TPSA) is 80.9 Å². The van der Waals surface area contributed by atoms with E-state index in [0.717, 1.165) is 25.7 Å². The van der Waals surface area contributed by atoms with Gasteiger partial charge in [-0.05, 0) is 66.7 Å². The van der Waals surface area contributed by atoms with Crippen LogP contribution in [0.1, 0.15) is 43.2 Å². The molecule has 0 heterocycles. The molecule has 4 nitrogen and oxygen atoms in total. The van der Waals surface area contributed by atoms with Crippen molar-refractivity contribution in [2.24, 2.45) is 17.3 Å². The van der Waals surface area contributed by atoms with E-state index in [-0.39, 0.29) is 11.8 Å². The first-order chi connectivity index (χ1) is 10.4. The van der Waals surface area contributed by atoms with Gasteiger partial charge in [0.25, 0.3) is 0 Å². The first-order valence-electron chi connectivity index (χ1n) is 8.29. The van der Waals surface area contributed by atoms with Gasteiger partial charge in [0, 0.05) is 5.41 Å². The van der Waals surface area contributed by atoms with Crippen molar-refractivity contribution in [3.05, 3.63) is 29.3 Å². The first kappa shape index (κ1) is 14.5. The highest BCUT2D eigenvalue weighted by Gasteiger charge is 2.62. The number of benzene rings is 1. The molecular formula is C18H24O4. The highest BCUT2D eigenvalue weighted by atomic mass is 16.4. The van der Waals surface area contributed by atoms with Crippen molar-refractivity contribution in [3.8, 4) is 5.75 Å². The first-order valence-corrected chi connectivity index (χ1v) is 8.29. The molecule has 7 atom stereocenters. The zero-order valence-electron chi connectivity index (χ0n) is 12.8. The number of rotatable bonds is 0. The molecule has 120 valence electrons. The number of hydrogen-bond donors (Lipinski definition) is 4. The Bertz CT molecular complexity index is 601. The van der Waals surface area contributed by atoms with Gasteiger partial charge in [-0.25, -0.2) is 0 Å². The third-order valence-corrected chi connectivity index (χ3v) is 6.72. The maximum absolute atomic E-state index is 10.5. The van der Waals surface area contributed by atoms with Crippen LogP contribution in [0.3, 0.4) is 0 Å². The Labute approximate surface area is 130 Å². The van der Waals surface area contributed by atoms with Crippen LogP contribution in [-0.4, -0.2) is 38.7 Å². The maximum atomic E-state index is 10.5. The number of hydrogen-bond acceptors (Lipinski definition) is 4. The molecular weight excluding hydrogens is 280 g/mol. The molecule has 3 aliphatic carbocycles. The average molecular weight is 304 g/mol. The van der Waals surface area contributed by atoms with Gasteiger partial charge in [-0.3, -0.25) is 0 Å². The largest absolute Gasteiger partial charge is 0.508 e. The number of aliphatic hydroxyl groups excluding tert-OH is 3. The molecule has 0 radical (unpaired) electrons. The zero-order chi connectivity index (χ0) is 15.6. The second-order valence-corrected chi connectivity index (χ2v) is 7.69. The van der Waals surface area contributed by atoms with Crippen molar-refractivity contribution < 1.29 is 20.4 Å². The molecule has 0 aliphatic heterocycles. The number of aliphatic hydroxyl groups is 3. The van der Waals surface area contributed by atoms with E-state index in [1.165, 1.54) is 11.1 Å². The van der Waals surface area contributed by atoms with Crippen molar-refractivity contribution in [1.82, 2.24) is 0 Å². The molecule has 2 fully saturated rings. The summed E-state index contributed by atoms with van der Waals surface area (Å²) in [6, 6.07) is 5.61. The van der Waals surface area contributed by atoms with Crippen LogP contribution < -0.4 is 0 Å². The molecule has 4 heteroatoms. The zero-order valence-corrected chi connectivity index (χ0v) is 12.8. The summed E-state index contributed by atoms with van der Waals surface area (Å²) >= 11 is 0. The number of fused-ring (bicyclic) bond motifs is 5. The summed E-state index contributed by atoms with van der Waals surface area (Å²) in [6.07, 6.45) is 0.894. The smallest absolute Gasteiger partial charge is 0.115 e. The quantitative estimate of drug-likeness (QED) is 0.586. The van der Waals surface area contributed by atoms with E-state index in [9.17, 15) is 20.4 Å². The molecule has 0 bridgehead atoms. The molecule has 0 aromatic heterocycles. The standard InChI is InChI=1S/C18H24O4/c1-18-7-6-12-11-5-3-10(19)8-9(11)2-4-13(12)14(18)15(20)16(21)17(18)22/h3,5,8,12-17,19-22H,2,4,6-7H2,1H3/t12-,13-,14-,15-,16-,17+,18+/m0/s1.